The lowest BCUT2D eigenvalue weighted by Gasteiger charge is -2.34. The average Bonchev–Trinajstić information content (AvgIpc) is 3.02. The fourth-order valence-electron chi connectivity index (χ4n) is 2.74. The molecule has 5 nitrogen and oxygen atoms in total. The van der Waals surface area contributed by atoms with Gasteiger partial charge in [0.05, 0.1) is 0 Å². The van der Waals surface area contributed by atoms with Crippen LogP contribution in [0.2, 0.25) is 0 Å². The van der Waals surface area contributed by atoms with Crippen molar-refractivity contribution in [3.8, 4) is 0 Å². The summed E-state index contributed by atoms with van der Waals surface area (Å²) in [6.07, 6.45) is 2.49. The lowest BCUT2D eigenvalue weighted by molar-refractivity contribution is -0.143. The molecule has 0 radical (unpaired) electrons. The summed E-state index contributed by atoms with van der Waals surface area (Å²) in [4.78, 5) is 25.7. The number of aliphatic carboxylic acids is 1. The lowest BCUT2D eigenvalue weighted by atomic mass is 9.92. The van der Waals surface area contributed by atoms with Crippen molar-refractivity contribution in [1.82, 2.24) is 4.90 Å². The standard InChI is InChI=1S/C16H15NO4S/c1-22-13-7-6-12(21-13)15(18)17-9-8-10-4-2-3-5-11(10)14(17)16(19)20/h2-7,14H,8-9H2,1H3,(H,19,20). The van der Waals surface area contributed by atoms with Gasteiger partial charge in [-0.15, -0.1) is 0 Å². The molecule has 2 aromatic rings. The number of thioether (sulfide) groups is 1. The summed E-state index contributed by atoms with van der Waals surface area (Å²) >= 11 is 1.40. The maximum atomic E-state index is 12.6. The molecule has 0 aliphatic carbocycles. The molecule has 0 spiro atoms. The maximum Gasteiger partial charge on any atom is 0.331 e. The van der Waals surface area contributed by atoms with Crippen molar-refractivity contribution in [2.45, 2.75) is 17.6 Å². The molecular formula is C16H15NO4S. The van der Waals surface area contributed by atoms with Gasteiger partial charge in [-0.3, -0.25) is 4.79 Å². The third-order valence-electron chi connectivity index (χ3n) is 3.77. The quantitative estimate of drug-likeness (QED) is 0.882. The van der Waals surface area contributed by atoms with Crippen LogP contribution in [0.1, 0.15) is 27.7 Å². The van der Waals surface area contributed by atoms with Gasteiger partial charge >= 0.3 is 5.97 Å². The fourth-order valence-corrected chi connectivity index (χ4v) is 3.12. The molecule has 6 heteroatoms. The van der Waals surface area contributed by atoms with Gasteiger partial charge in [0, 0.05) is 6.54 Å². The van der Waals surface area contributed by atoms with Crippen molar-refractivity contribution in [2.24, 2.45) is 0 Å². The summed E-state index contributed by atoms with van der Waals surface area (Å²) in [6, 6.07) is 9.68. The summed E-state index contributed by atoms with van der Waals surface area (Å²) in [5.41, 5.74) is 1.65. The van der Waals surface area contributed by atoms with Crippen LogP contribution < -0.4 is 0 Å². The Kier molecular flexibility index (Phi) is 3.94. The molecule has 1 aromatic carbocycles. The number of fused-ring (bicyclic) bond motifs is 1. The van der Waals surface area contributed by atoms with Gasteiger partial charge in [-0.2, -0.15) is 0 Å². The number of nitrogens with zero attached hydrogens (tertiary/aromatic N) is 1. The van der Waals surface area contributed by atoms with E-state index < -0.39 is 12.0 Å². The van der Waals surface area contributed by atoms with E-state index in [4.69, 9.17) is 4.42 Å². The molecule has 22 heavy (non-hydrogen) atoms. The number of benzene rings is 1. The Morgan fingerprint density at radius 1 is 1.27 bits per heavy atom. The van der Waals surface area contributed by atoms with Crippen LogP contribution in [0.15, 0.2) is 45.9 Å². The number of amides is 1. The molecule has 0 bridgehead atoms. The molecule has 0 saturated carbocycles. The summed E-state index contributed by atoms with van der Waals surface area (Å²) in [7, 11) is 0. The lowest BCUT2D eigenvalue weighted by Crippen LogP contribution is -2.43. The molecule has 114 valence electrons. The van der Waals surface area contributed by atoms with Gasteiger partial charge in [-0.25, -0.2) is 4.79 Å². The summed E-state index contributed by atoms with van der Waals surface area (Å²) in [6.45, 7) is 0.363. The smallest absolute Gasteiger partial charge is 0.331 e. The van der Waals surface area contributed by atoms with E-state index in [9.17, 15) is 14.7 Å². The molecular weight excluding hydrogens is 302 g/mol. The first-order valence-electron chi connectivity index (χ1n) is 6.87. The third kappa shape index (κ3) is 2.50. The van der Waals surface area contributed by atoms with Crippen molar-refractivity contribution in [2.75, 3.05) is 12.8 Å². The van der Waals surface area contributed by atoms with Crippen LogP contribution in [0.3, 0.4) is 0 Å². The highest BCUT2D eigenvalue weighted by Gasteiger charge is 2.37. The number of carbonyl (C=O) groups excluding carboxylic acids is 1. The van der Waals surface area contributed by atoms with Crippen LogP contribution in [0.25, 0.3) is 0 Å². The minimum Gasteiger partial charge on any atom is -0.479 e. The average molecular weight is 317 g/mol. The second-order valence-corrected chi connectivity index (χ2v) is 5.82. The van der Waals surface area contributed by atoms with E-state index in [2.05, 4.69) is 0 Å². The zero-order valence-electron chi connectivity index (χ0n) is 12.0. The van der Waals surface area contributed by atoms with Crippen LogP contribution in [-0.4, -0.2) is 34.7 Å². The van der Waals surface area contributed by atoms with E-state index >= 15 is 0 Å². The van der Waals surface area contributed by atoms with Gasteiger partial charge in [0.2, 0.25) is 0 Å². The number of carboxylic acids is 1. The van der Waals surface area contributed by atoms with E-state index in [0.29, 0.717) is 23.6 Å². The number of carbonyl (C=O) groups is 2. The van der Waals surface area contributed by atoms with Crippen LogP contribution in [0.5, 0.6) is 0 Å². The molecule has 1 N–H and O–H groups in total. The molecule has 1 aliphatic heterocycles. The predicted molar refractivity (Wildman–Crippen MR) is 82.0 cm³/mol. The van der Waals surface area contributed by atoms with Crippen LogP contribution in [0.4, 0.5) is 0 Å². The molecule has 3 rings (SSSR count). The molecule has 1 aliphatic rings. The van der Waals surface area contributed by atoms with E-state index in [1.54, 1.807) is 24.3 Å². The summed E-state index contributed by atoms with van der Waals surface area (Å²) in [5, 5.41) is 10.2. The topological polar surface area (TPSA) is 70.8 Å². The Labute approximate surface area is 131 Å². The Hall–Kier alpha value is -2.21. The highest BCUT2D eigenvalue weighted by atomic mass is 32.2. The number of carboxylic acid groups (broad SMARTS) is 1. The second kappa shape index (κ2) is 5.88. The molecule has 1 aromatic heterocycles. The Morgan fingerprint density at radius 3 is 2.73 bits per heavy atom. The van der Waals surface area contributed by atoms with Gasteiger partial charge in [-0.05, 0) is 35.9 Å². The van der Waals surface area contributed by atoms with Crippen molar-refractivity contribution >= 4 is 23.6 Å². The third-order valence-corrected chi connectivity index (χ3v) is 4.39. The summed E-state index contributed by atoms with van der Waals surface area (Å²) in [5.74, 6) is -1.24. The van der Waals surface area contributed by atoms with Crippen molar-refractivity contribution in [1.29, 1.82) is 0 Å². The van der Waals surface area contributed by atoms with E-state index in [0.717, 1.165) is 5.56 Å². The SMILES string of the molecule is CSc1ccc(C(=O)N2CCc3ccccc3C2C(=O)O)o1. The Balaban J connectivity index is 1.96. The first-order chi connectivity index (χ1) is 10.6. The minimum absolute atomic E-state index is 0.176. The van der Waals surface area contributed by atoms with Gasteiger partial charge in [-0.1, -0.05) is 36.0 Å². The van der Waals surface area contributed by atoms with E-state index in [-0.39, 0.29) is 11.7 Å². The maximum absolute atomic E-state index is 12.6. The van der Waals surface area contributed by atoms with Crippen LogP contribution in [-0.2, 0) is 11.2 Å². The number of furan rings is 1. The first-order valence-corrected chi connectivity index (χ1v) is 8.09. The molecule has 0 fully saturated rings. The number of hydrogen-bond donors (Lipinski definition) is 1. The molecule has 1 amide bonds. The largest absolute Gasteiger partial charge is 0.479 e. The van der Waals surface area contributed by atoms with Crippen LogP contribution in [0, 0.1) is 0 Å². The van der Waals surface area contributed by atoms with Gasteiger partial charge in [0.15, 0.2) is 16.9 Å². The highest BCUT2D eigenvalue weighted by Crippen LogP contribution is 2.31. The Morgan fingerprint density at radius 2 is 2.05 bits per heavy atom. The minimum atomic E-state index is -1.03. The monoisotopic (exact) mass is 317 g/mol. The molecule has 2 heterocycles. The number of hydrogen-bond acceptors (Lipinski definition) is 4. The zero-order chi connectivity index (χ0) is 15.7. The molecule has 0 saturated heterocycles. The zero-order valence-corrected chi connectivity index (χ0v) is 12.8. The Bertz CT molecular complexity index is 724. The van der Waals surface area contributed by atoms with Crippen molar-refractivity contribution in [3.63, 3.8) is 0 Å². The molecule has 1 atom stereocenters. The highest BCUT2D eigenvalue weighted by molar-refractivity contribution is 7.98. The van der Waals surface area contributed by atoms with E-state index in [1.807, 2.05) is 18.4 Å². The first kappa shape index (κ1) is 14.7. The van der Waals surface area contributed by atoms with Gasteiger partial charge in [0.25, 0.3) is 5.91 Å². The predicted octanol–water partition coefficient (Wildman–Crippen LogP) is 2.83. The fraction of sp³-hybridized carbons (Fsp3) is 0.250. The summed E-state index contributed by atoms with van der Waals surface area (Å²) < 4.78 is 5.44. The van der Waals surface area contributed by atoms with E-state index in [1.165, 1.54) is 16.7 Å². The van der Waals surface area contributed by atoms with Gasteiger partial charge in [0.1, 0.15) is 0 Å². The van der Waals surface area contributed by atoms with Crippen molar-refractivity contribution < 1.29 is 19.1 Å². The molecule has 1 unspecified atom stereocenters. The van der Waals surface area contributed by atoms with Gasteiger partial charge < -0.3 is 14.4 Å². The van der Waals surface area contributed by atoms with Crippen molar-refractivity contribution in [3.05, 3.63) is 53.3 Å². The number of rotatable bonds is 3. The van der Waals surface area contributed by atoms with Crippen LogP contribution >= 0.6 is 11.8 Å². The normalized spacial score (nSPS) is 17.1. The second-order valence-electron chi connectivity index (χ2n) is 5.01.